The van der Waals surface area contributed by atoms with Crippen LogP contribution in [-0.2, 0) is 4.74 Å². The normalized spacial score (nSPS) is 17.8. The quantitative estimate of drug-likeness (QED) is 0.0998. The lowest BCUT2D eigenvalue weighted by Crippen LogP contribution is -2.44. The van der Waals surface area contributed by atoms with Gasteiger partial charge in [0.1, 0.15) is 40.2 Å². The van der Waals surface area contributed by atoms with E-state index in [-0.39, 0.29) is 53.6 Å². The number of hydrogen-bond donors (Lipinski definition) is 3. The van der Waals surface area contributed by atoms with Crippen LogP contribution in [0.3, 0.4) is 0 Å². The number of likely N-dealkylation sites (tertiary alicyclic amines) is 1. The van der Waals surface area contributed by atoms with E-state index in [1.54, 1.807) is 12.3 Å². The van der Waals surface area contributed by atoms with Gasteiger partial charge in [0.2, 0.25) is 11.9 Å². The summed E-state index contributed by atoms with van der Waals surface area (Å²) in [4.78, 5) is 42.0. The molecule has 3 unspecified atom stereocenters. The maximum Gasteiger partial charge on any atom is 0.229 e. The highest BCUT2D eigenvalue weighted by Crippen LogP contribution is 2.35. The molecular weight excluding hydrogens is 924 g/mol. The number of aryl methyl sites for hydroxylation is 2. The second kappa shape index (κ2) is 20.1. The number of anilines is 6. The molecule has 3 aliphatic rings. The zero-order chi connectivity index (χ0) is 50.4. The SMILES string of the molecule is Cc1nc2c(F)cc(-c3nc(Nc4ccc(N5CC6CC5CN6C)cn4)ncc3F)cc2n1C(C)C.Cc1nc2ccc(-c3nc(Nc4ccc(N5CCC(OCCO)C5)cn4)ncc3F)cc2n1C(C)C. The first-order valence-electron chi connectivity index (χ1n) is 24.3. The van der Waals surface area contributed by atoms with Gasteiger partial charge in [0.05, 0.1) is 72.0 Å². The second-order valence-corrected chi connectivity index (χ2v) is 19.2. The van der Waals surface area contributed by atoms with Crippen LogP contribution in [0, 0.1) is 31.3 Å². The molecular formula is C52H58F3N15O2. The zero-order valence-corrected chi connectivity index (χ0v) is 41.4. The molecule has 0 radical (unpaired) electrons. The predicted octanol–water partition coefficient (Wildman–Crippen LogP) is 8.94. The number of aliphatic hydroxyl groups is 1. The molecule has 2 bridgehead atoms. The Kier molecular flexibility index (Phi) is 13.5. The van der Waals surface area contributed by atoms with Crippen LogP contribution in [0.25, 0.3) is 44.6 Å². The first kappa shape index (κ1) is 48.3. The highest BCUT2D eigenvalue weighted by Gasteiger charge is 2.41. The molecule has 11 rings (SSSR count). The molecule has 17 nitrogen and oxygen atoms in total. The lowest BCUT2D eigenvalue weighted by Gasteiger charge is -2.33. The molecule has 0 amide bonds. The van der Waals surface area contributed by atoms with E-state index >= 15 is 0 Å². The van der Waals surface area contributed by atoms with Crippen molar-refractivity contribution in [3.8, 4) is 22.5 Å². The molecule has 6 aromatic heterocycles. The van der Waals surface area contributed by atoms with Crippen LogP contribution in [0.2, 0.25) is 0 Å². The Morgan fingerprint density at radius 3 is 1.89 bits per heavy atom. The van der Waals surface area contributed by atoms with Crippen LogP contribution in [0.5, 0.6) is 0 Å². The average Bonchev–Trinajstić information content (AvgIpc) is 4.21. The van der Waals surface area contributed by atoms with Gasteiger partial charge in [0.25, 0.3) is 0 Å². The third kappa shape index (κ3) is 9.72. The van der Waals surface area contributed by atoms with Gasteiger partial charge in [-0.1, -0.05) is 6.07 Å². The average molecular weight is 982 g/mol. The van der Waals surface area contributed by atoms with Crippen molar-refractivity contribution in [3.63, 3.8) is 0 Å². The standard InChI is InChI=1S/C26H28F2N8.C26H30FN7O2/c1-14(2)36-15(3)31-25-20(27)7-16(8-22(25)36)24-21(28)11-30-26(33-24)32-23-6-5-17(10-29-23)35-13-18-9-19(35)12-34(18)4;1-16(2)34-17(3)30-22-6-4-18(12-23(22)34)25-21(27)14-29-26(32-25)31-24-7-5-19(13-28-24)33-9-8-20(15-33)36-11-10-35/h5-8,10-11,14,18-19H,9,12-13H2,1-4H3,(H,29,30,32,33);4-7,12-14,16,20,35H,8-11,15H2,1-3H3,(H,28,29,31,32). The number of piperazine rings is 1. The van der Waals surface area contributed by atoms with Crippen LogP contribution in [-0.4, -0.2) is 124 Å². The fourth-order valence-electron chi connectivity index (χ4n) is 10.3. The van der Waals surface area contributed by atoms with Crippen LogP contribution < -0.4 is 20.4 Å². The first-order valence-corrected chi connectivity index (χ1v) is 24.3. The third-order valence-electron chi connectivity index (χ3n) is 13.6. The minimum absolute atomic E-state index is 0.0105. The van der Waals surface area contributed by atoms with Crippen LogP contribution in [0.4, 0.5) is 48.1 Å². The largest absolute Gasteiger partial charge is 0.394 e. The minimum Gasteiger partial charge on any atom is -0.394 e. The minimum atomic E-state index is -0.635. The van der Waals surface area contributed by atoms with Gasteiger partial charge in [0.15, 0.2) is 17.5 Å². The number of aromatic nitrogens is 10. The van der Waals surface area contributed by atoms with Gasteiger partial charge in [0, 0.05) is 61.5 Å². The molecule has 0 aliphatic carbocycles. The Labute approximate surface area is 415 Å². The van der Waals surface area contributed by atoms with Crippen molar-refractivity contribution in [3.05, 3.63) is 108 Å². The lowest BCUT2D eigenvalue weighted by atomic mass is 10.1. The van der Waals surface area contributed by atoms with E-state index in [0.717, 1.165) is 67.0 Å². The second-order valence-electron chi connectivity index (χ2n) is 19.2. The number of pyridine rings is 2. The topological polar surface area (TPSA) is 176 Å². The summed E-state index contributed by atoms with van der Waals surface area (Å²) < 4.78 is 54.2. The molecule has 8 aromatic rings. The summed E-state index contributed by atoms with van der Waals surface area (Å²) in [6.45, 7) is 16.1. The van der Waals surface area contributed by atoms with Crippen molar-refractivity contribution < 1.29 is 23.0 Å². The van der Waals surface area contributed by atoms with E-state index in [9.17, 15) is 13.2 Å². The number of rotatable bonds is 13. The van der Waals surface area contributed by atoms with E-state index in [1.165, 1.54) is 18.7 Å². The van der Waals surface area contributed by atoms with Crippen LogP contribution in [0.15, 0.2) is 79.4 Å². The Bertz CT molecular complexity index is 3240. The van der Waals surface area contributed by atoms with Crippen molar-refractivity contribution in [2.24, 2.45) is 0 Å². The molecule has 3 saturated heterocycles. The van der Waals surface area contributed by atoms with Crippen molar-refractivity contribution in [2.45, 2.75) is 84.7 Å². The number of aliphatic hydroxyl groups excluding tert-OH is 1. The van der Waals surface area contributed by atoms with E-state index < -0.39 is 17.5 Å². The predicted molar refractivity (Wildman–Crippen MR) is 273 cm³/mol. The van der Waals surface area contributed by atoms with E-state index in [2.05, 4.69) is 90.7 Å². The van der Waals surface area contributed by atoms with Gasteiger partial charge in [-0.2, -0.15) is 0 Å². The summed E-state index contributed by atoms with van der Waals surface area (Å²) in [5.74, 6) is 1.52. The Morgan fingerprint density at radius 2 is 1.29 bits per heavy atom. The maximum atomic E-state index is 14.9. The first-order chi connectivity index (χ1) is 34.7. The van der Waals surface area contributed by atoms with E-state index in [0.29, 0.717) is 52.8 Å². The molecule has 0 saturated carbocycles. The Hall–Kier alpha value is -7.29. The summed E-state index contributed by atoms with van der Waals surface area (Å²) >= 11 is 0. The lowest BCUT2D eigenvalue weighted by molar-refractivity contribution is 0.0411. The summed E-state index contributed by atoms with van der Waals surface area (Å²) in [5, 5.41) is 15.1. The van der Waals surface area contributed by atoms with Gasteiger partial charge >= 0.3 is 0 Å². The zero-order valence-electron chi connectivity index (χ0n) is 41.4. The number of nitrogens with zero attached hydrogens (tertiary/aromatic N) is 13. The highest BCUT2D eigenvalue weighted by molar-refractivity contribution is 5.84. The molecule has 2 aromatic carbocycles. The number of hydrogen-bond acceptors (Lipinski definition) is 15. The summed E-state index contributed by atoms with van der Waals surface area (Å²) in [6, 6.07) is 17.8. The highest BCUT2D eigenvalue weighted by atomic mass is 19.1. The number of likely N-dealkylation sites (N-methyl/N-ethyl adjacent to an activating group) is 1. The van der Waals surface area contributed by atoms with Crippen molar-refractivity contribution in [1.82, 2.24) is 53.9 Å². The maximum absolute atomic E-state index is 14.9. The van der Waals surface area contributed by atoms with E-state index in [1.807, 2.05) is 80.9 Å². The molecule has 3 atom stereocenters. The van der Waals surface area contributed by atoms with Crippen LogP contribution >= 0.6 is 0 Å². The summed E-state index contributed by atoms with van der Waals surface area (Å²) in [5.41, 5.74) is 5.95. The molecule has 0 spiro atoms. The van der Waals surface area contributed by atoms with Crippen molar-refractivity contribution >= 4 is 57.0 Å². The molecule has 20 heteroatoms. The fourth-order valence-corrected chi connectivity index (χ4v) is 10.3. The monoisotopic (exact) mass is 981 g/mol. The summed E-state index contributed by atoms with van der Waals surface area (Å²) in [6.07, 6.45) is 8.09. The molecule has 3 N–H and O–H groups in total. The third-order valence-corrected chi connectivity index (χ3v) is 13.6. The van der Waals surface area contributed by atoms with Crippen LogP contribution in [0.1, 0.15) is 64.3 Å². The fraction of sp³-hybridized carbons (Fsp3) is 0.385. The molecule has 9 heterocycles. The molecule has 3 fully saturated rings. The Morgan fingerprint density at radius 1 is 0.667 bits per heavy atom. The number of benzene rings is 2. The number of ether oxygens (including phenoxy) is 1. The van der Waals surface area contributed by atoms with Gasteiger partial charge < -0.3 is 39.4 Å². The van der Waals surface area contributed by atoms with E-state index in [4.69, 9.17) is 9.84 Å². The molecule has 3 aliphatic heterocycles. The molecule has 374 valence electrons. The number of nitrogens with one attached hydrogen (secondary N) is 2. The van der Waals surface area contributed by atoms with Gasteiger partial charge in [-0.3, -0.25) is 4.90 Å². The number of fused-ring (bicyclic) bond motifs is 4. The number of imidazole rings is 2. The summed E-state index contributed by atoms with van der Waals surface area (Å²) in [7, 11) is 2.18. The molecule has 72 heavy (non-hydrogen) atoms. The number of halogens is 3. The van der Waals surface area contributed by atoms with Crippen molar-refractivity contribution in [2.75, 3.05) is 66.9 Å². The Balaban J connectivity index is 0.000000166. The smallest absolute Gasteiger partial charge is 0.229 e. The van der Waals surface area contributed by atoms with Gasteiger partial charge in [-0.25, -0.2) is 53.0 Å². The van der Waals surface area contributed by atoms with Gasteiger partial charge in [-0.15, -0.1) is 0 Å². The van der Waals surface area contributed by atoms with Crippen molar-refractivity contribution in [1.29, 1.82) is 0 Å². The van der Waals surface area contributed by atoms with Gasteiger partial charge in [-0.05, 0) is 110 Å².